The molecule has 2 aromatic rings. The van der Waals surface area contributed by atoms with Crippen molar-refractivity contribution in [1.82, 2.24) is 9.38 Å². The van der Waals surface area contributed by atoms with Crippen LogP contribution in [0.15, 0.2) is 36.1 Å². The lowest BCUT2D eigenvalue weighted by Crippen LogP contribution is -2.41. The van der Waals surface area contributed by atoms with Crippen molar-refractivity contribution in [1.29, 1.82) is 0 Å². The first kappa shape index (κ1) is 15.3. The summed E-state index contributed by atoms with van der Waals surface area (Å²) in [6.45, 7) is 7.86. The van der Waals surface area contributed by atoms with E-state index in [1.54, 1.807) is 6.20 Å². The lowest BCUT2D eigenvalue weighted by molar-refractivity contribution is 0.00578. The summed E-state index contributed by atoms with van der Waals surface area (Å²) in [4.78, 5) is 4.34. The highest BCUT2D eigenvalue weighted by molar-refractivity contribution is 6.55. The molecule has 116 valence electrons. The number of pyridine rings is 1. The van der Waals surface area contributed by atoms with Gasteiger partial charge in [-0.1, -0.05) is 6.07 Å². The lowest BCUT2D eigenvalue weighted by Gasteiger charge is -2.32. The molecule has 22 heavy (non-hydrogen) atoms. The molecule has 1 aliphatic heterocycles. The summed E-state index contributed by atoms with van der Waals surface area (Å²) >= 11 is 0. The molecule has 0 aliphatic carbocycles. The molecule has 5 nitrogen and oxygen atoms in total. The lowest BCUT2D eigenvalue weighted by atomic mass is 9.78. The molecule has 1 fully saturated rings. The fourth-order valence-electron chi connectivity index (χ4n) is 2.43. The van der Waals surface area contributed by atoms with Crippen LogP contribution < -0.4 is 0 Å². The van der Waals surface area contributed by atoms with Crippen molar-refractivity contribution < 1.29 is 14.4 Å². The van der Waals surface area contributed by atoms with Crippen LogP contribution in [0.2, 0.25) is 0 Å². The van der Waals surface area contributed by atoms with E-state index in [4.69, 9.17) is 9.31 Å². The van der Waals surface area contributed by atoms with Crippen LogP contribution in [-0.4, -0.2) is 39.4 Å². The molecule has 3 heterocycles. The predicted octanol–water partition coefficient (Wildman–Crippen LogP) is 2.34. The van der Waals surface area contributed by atoms with Crippen LogP contribution in [0.25, 0.3) is 11.7 Å². The maximum absolute atomic E-state index is 9.74. The average Bonchev–Trinajstić information content (AvgIpc) is 2.95. The number of imidazole rings is 1. The number of hydrogen-bond donors (Lipinski definition) is 1. The van der Waals surface area contributed by atoms with Crippen LogP contribution in [-0.2, 0) is 9.31 Å². The third-order valence-electron chi connectivity index (χ3n) is 4.52. The minimum atomic E-state index is -0.552. The highest BCUT2D eigenvalue weighted by Gasteiger charge is 2.52. The first-order valence-corrected chi connectivity index (χ1v) is 7.43. The summed E-state index contributed by atoms with van der Waals surface area (Å²) in [5, 5.41) is 9.74. The smallest absolute Gasteiger partial charge is 0.400 e. The van der Waals surface area contributed by atoms with E-state index in [9.17, 15) is 5.11 Å². The maximum Gasteiger partial charge on any atom is 0.492 e. The number of aromatic nitrogens is 2. The van der Waals surface area contributed by atoms with Crippen LogP contribution >= 0.6 is 0 Å². The second-order valence-corrected chi connectivity index (χ2v) is 6.58. The topological polar surface area (TPSA) is 56.0 Å². The molecule has 0 spiro atoms. The summed E-state index contributed by atoms with van der Waals surface area (Å²) in [7, 11) is -0.552. The van der Waals surface area contributed by atoms with Crippen molar-refractivity contribution in [2.75, 3.05) is 6.61 Å². The molecule has 6 heteroatoms. The van der Waals surface area contributed by atoms with Crippen LogP contribution in [0.1, 0.15) is 33.4 Å². The fraction of sp³-hybridized carbons (Fsp3) is 0.438. The van der Waals surface area contributed by atoms with E-state index in [0.717, 1.165) is 11.3 Å². The summed E-state index contributed by atoms with van der Waals surface area (Å²) in [6.07, 6.45) is 5.59. The molecule has 1 saturated heterocycles. The van der Waals surface area contributed by atoms with Gasteiger partial charge in [-0.3, -0.25) is 0 Å². The minimum Gasteiger partial charge on any atom is -0.400 e. The molecule has 1 N–H and O–H groups in total. The number of rotatable bonds is 3. The summed E-state index contributed by atoms with van der Waals surface area (Å²) in [6, 6.07) is 5.82. The molecule has 3 rings (SSSR count). The Morgan fingerprint density at radius 2 is 1.95 bits per heavy atom. The maximum atomic E-state index is 9.74. The largest absolute Gasteiger partial charge is 0.492 e. The molecule has 0 bridgehead atoms. The highest BCUT2D eigenvalue weighted by Crippen LogP contribution is 2.38. The molecular formula is C16H21BN2O3. The first-order valence-electron chi connectivity index (χ1n) is 7.43. The fourth-order valence-corrected chi connectivity index (χ4v) is 2.43. The van der Waals surface area contributed by atoms with Gasteiger partial charge in [0.15, 0.2) is 0 Å². The van der Waals surface area contributed by atoms with Crippen LogP contribution in [0.4, 0.5) is 0 Å². The highest BCUT2D eigenvalue weighted by atomic mass is 16.7. The van der Waals surface area contributed by atoms with Gasteiger partial charge in [-0.05, 0) is 51.4 Å². The first-order chi connectivity index (χ1) is 10.3. The van der Waals surface area contributed by atoms with Gasteiger partial charge in [0.2, 0.25) is 0 Å². The van der Waals surface area contributed by atoms with E-state index >= 15 is 0 Å². The Bertz CT molecular complexity index is 705. The molecule has 0 amide bonds. The Balaban J connectivity index is 1.95. The normalized spacial score (nSPS) is 20.8. The molecule has 0 aromatic carbocycles. The Kier molecular flexibility index (Phi) is 3.63. The van der Waals surface area contributed by atoms with Gasteiger partial charge in [0, 0.05) is 6.20 Å². The zero-order chi connectivity index (χ0) is 16.0. The van der Waals surface area contributed by atoms with Gasteiger partial charge >= 0.3 is 7.12 Å². The Morgan fingerprint density at radius 1 is 1.27 bits per heavy atom. The Hall–Kier alpha value is -1.63. The van der Waals surface area contributed by atoms with Gasteiger partial charge in [0.05, 0.1) is 29.7 Å². The number of fused-ring (bicyclic) bond motifs is 1. The second-order valence-electron chi connectivity index (χ2n) is 6.58. The second kappa shape index (κ2) is 5.23. The van der Waals surface area contributed by atoms with E-state index in [1.807, 2.05) is 62.6 Å². The summed E-state index contributed by atoms with van der Waals surface area (Å²) in [5.41, 5.74) is 1.58. The number of aliphatic hydroxyl groups is 1. The van der Waals surface area contributed by atoms with E-state index in [-0.39, 0.29) is 6.61 Å². The number of nitrogens with zero attached hydrogens (tertiary/aromatic N) is 2. The van der Waals surface area contributed by atoms with E-state index in [2.05, 4.69) is 4.98 Å². The molecule has 0 radical (unpaired) electrons. The van der Waals surface area contributed by atoms with Gasteiger partial charge in [-0.25, -0.2) is 4.98 Å². The number of aliphatic hydroxyl groups excluding tert-OH is 1. The van der Waals surface area contributed by atoms with Gasteiger partial charge < -0.3 is 18.8 Å². The van der Waals surface area contributed by atoms with Gasteiger partial charge in [0.1, 0.15) is 5.65 Å². The van der Waals surface area contributed by atoms with Crippen LogP contribution in [0.3, 0.4) is 0 Å². The predicted molar refractivity (Wildman–Crippen MR) is 86.3 cm³/mol. The van der Waals surface area contributed by atoms with Gasteiger partial charge in [0.25, 0.3) is 0 Å². The zero-order valence-corrected chi connectivity index (χ0v) is 13.4. The molecule has 0 atom stereocenters. The van der Waals surface area contributed by atoms with Crippen molar-refractivity contribution in [3.8, 4) is 0 Å². The summed E-state index contributed by atoms with van der Waals surface area (Å²) < 4.78 is 14.0. The van der Waals surface area contributed by atoms with Crippen molar-refractivity contribution in [3.63, 3.8) is 0 Å². The average molecular weight is 300 g/mol. The molecule has 0 unspecified atom stereocenters. The van der Waals surface area contributed by atoms with Crippen LogP contribution in [0.5, 0.6) is 0 Å². The third kappa shape index (κ3) is 2.47. The zero-order valence-electron chi connectivity index (χ0n) is 13.4. The van der Waals surface area contributed by atoms with Crippen molar-refractivity contribution >= 4 is 18.8 Å². The molecular weight excluding hydrogens is 279 g/mol. The molecule has 1 aliphatic rings. The van der Waals surface area contributed by atoms with E-state index in [1.165, 1.54) is 0 Å². The molecule has 0 saturated carbocycles. The summed E-state index contributed by atoms with van der Waals surface area (Å²) in [5.74, 6) is 0. The van der Waals surface area contributed by atoms with E-state index < -0.39 is 18.3 Å². The monoisotopic (exact) mass is 300 g/mol. The Labute approximate surface area is 130 Å². The van der Waals surface area contributed by atoms with E-state index in [0.29, 0.717) is 5.47 Å². The number of hydrogen-bond acceptors (Lipinski definition) is 4. The standard InChI is InChI=1S/C16H21BN2O3/c1-15(2)16(3,4)22-17(21-15)12(11-20)9-13-10-18-14-7-5-6-8-19(13)14/h5-10,20H,11H2,1-4H3. The molecule has 2 aromatic heterocycles. The van der Waals surface area contributed by atoms with Crippen molar-refractivity contribution in [3.05, 3.63) is 41.8 Å². The van der Waals surface area contributed by atoms with Crippen molar-refractivity contribution in [2.45, 2.75) is 38.9 Å². The quantitative estimate of drug-likeness (QED) is 0.884. The Morgan fingerprint density at radius 3 is 2.59 bits per heavy atom. The third-order valence-corrected chi connectivity index (χ3v) is 4.52. The van der Waals surface area contributed by atoms with Gasteiger partial charge in [-0.15, -0.1) is 0 Å². The minimum absolute atomic E-state index is 0.128. The van der Waals surface area contributed by atoms with Crippen LogP contribution in [0, 0.1) is 0 Å². The SMILES string of the molecule is CC1(C)OB(C(=Cc2cnc3ccccn23)CO)OC1(C)C. The van der Waals surface area contributed by atoms with Crippen molar-refractivity contribution in [2.24, 2.45) is 0 Å². The van der Waals surface area contributed by atoms with Gasteiger partial charge in [-0.2, -0.15) is 0 Å².